The van der Waals surface area contributed by atoms with Crippen molar-refractivity contribution < 1.29 is 15.3 Å². The standard InChI is InChI=1S/C8H8O3.H3N/c9-6-3-4-1-2-5(6)8(11)7(4)10;/h1-2,6,9-11H,3H2;1H3. The first-order valence-corrected chi connectivity index (χ1v) is 3.42. The van der Waals surface area contributed by atoms with Crippen molar-refractivity contribution in [1.82, 2.24) is 6.15 Å². The molecule has 2 aliphatic carbocycles. The van der Waals surface area contributed by atoms with Gasteiger partial charge in [0.15, 0.2) is 11.5 Å². The van der Waals surface area contributed by atoms with E-state index in [4.69, 9.17) is 0 Å². The molecule has 0 spiro atoms. The van der Waals surface area contributed by atoms with Gasteiger partial charge in [0, 0.05) is 17.5 Å². The highest BCUT2D eigenvalue weighted by Crippen LogP contribution is 2.42. The molecular weight excluding hydrogens is 158 g/mol. The monoisotopic (exact) mass is 169 g/mol. The molecule has 1 aromatic carbocycles. The van der Waals surface area contributed by atoms with Crippen LogP contribution in [0.5, 0.6) is 11.5 Å². The molecule has 0 saturated heterocycles. The van der Waals surface area contributed by atoms with E-state index in [2.05, 4.69) is 0 Å². The Morgan fingerprint density at radius 2 is 1.83 bits per heavy atom. The maximum atomic E-state index is 9.27. The number of hydrogen-bond acceptors (Lipinski definition) is 4. The minimum Gasteiger partial charge on any atom is -0.504 e. The molecule has 1 atom stereocenters. The topological polar surface area (TPSA) is 95.7 Å². The Labute approximate surface area is 69.7 Å². The van der Waals surface area contributed by atoms with Gasteiger partial charge in [-0.05, 0) is 0 Å². The smallest absolute Gasteiger partial charge is 0.163 e. The van der Waals surface area contributed by atoms with Crippen LogP contribution in [0.15, 0.2) is 12.1 Å². The molecule has 4 nitrogen and oxygen atoms in total. The van der Waals surface area contributed by atoms with Crippen LogP contribution in [0.25, 0.3) is 0 Å². The molecule has 1 aromatic rings. The predicted molar refractivity (Wildman–Crippen MR) is 43.5 cm³/mol. The van der Waals surface area contributed by atoms with Gasteiger partial charge in [0.2, 0.25) is 0 Å². The van der Waals surface area contributed by atoms with Crippen molar-refractivity contribution in [2.45, 2.75) is 12.5 Å². The highest BCUT2D eigenvalue weighted by atomic mass is 16.3. The summed E-state index contributed by atoms with van der Waals surface area (Å²) in [5.74, 6) is -0.269. The maximum absolute atomic E-state index is 9.27. The summed E-state index contributed by atoms with van der Waals surface area (Å²) in [6, 6.07) is 3.33. The fraction of sp³-hybridized carbons (Fsp3) is 0.250. The van der Waals surface area contributed by atoms with Gasteiger partial charge in [0.1, 0.15) is 0 Å². The molecule has 2 bridgehead atoms. The van der Waals surface area contributed by atoms with Crippen LogP contribution in [-0.4, -0.2) is 15.3 Å². The number of hydrogen-bond donors (Lipinski definition) is 4. The first-order chi connectivity index (χ1) is 5.20. The van der Waals surface area contributed by atoms with Gasteiger partial charge >= 0.3 is 0 Å². The van der Waals surface area contributed by atoms with Gasteiger partial charge in [-0.15, -0.1) is 0 Å². The lowest BCUT2D eigenvalue weighted by molar-refractivity contribution is 0.165. The zero-order valence-electron chi connectivity index (χ0n) is 6.49. The third-order valence-corrected chi connectivity index (χ3v) is 2.04. The highest BCUT2D eigenvalue weighted by molar-refractivity contribution is 5.54. The number of fused-ring (bicyclic) bond motifs is 3. The third-order valence-electron chi connectivity index (χ3n) is 2.04. The summed E-state index contributed by atoms with van der Waals surface area (Å²) in [6.07, 6.45) is -0.243. The van der Waals surface area contributed by atoms with Crippen LogP contribution >= 0.6 is 0 Å². The SMILES string of the molecule is N.Oc1c2ccc(c1O)C(O)C2. The highest BCUT2D eigenvalue weighted by Gasteiger charge is 2.24. The normalized spacial score (nSPS) is 18.9. The van der Waals surface area contributed by atoms with Gasteiger partial charge in [0.05, 0.1) is 6.10 Å². The molecule has 2 aliphatic rings. The zero-order valence-corrected chi connectivity index (χ0v) is 6.49. The van der Waals surface area contributed by atoms with Crippen molar-refractivity contribution in [1.29, 1.82) is 0 Å². The third kappa shape index (κ3) is 0.929. The molecule has 0 amide bonds. The summed E-state index contributed by atoms with van der Waals surface area (Å²) < 4.78 is 0. The molecule has 66 valence electrons. The lowest BCUT2D eigenvalue weighted by Gasteiger charge is -2.21. The number of phenols is 2. The molecule has 3 rings (SSSR count). The first kappa shape index (κ1) is 8.83. The average molecular weight is 169 g/mol. The Bertz CT molecular complexity index is 311. The van der Waals surface area contributed by atoms with Gasteiger partial charge in [-0.1, -0.05) is 12.1 Å². The summed E-state index contributed by atoms with van der Waals surface area (Å²) in [5.41, 5.74) is 1.02. The number of aliphatic hydroxyl groups excluding tert-OH is 1. The van der Waals surface area contributed by atoms with Crippen LogP contribution in [-0.2, 0) is 6.42 Å². The van der Waals surface area contributed by atoms with Crippen molar-refractivity contribution in [3.8, 4) is 11.5 Å². The van der Waals surface area contributed by atoms with Crippen LogP contribution in [0, 0.1) is 0 Å². The number of aliphatic hydroxyl groups is 1. The molecule has 0 aliphatic heterocycles. The molecule has 4 heteroatoms. The van der Waals surface area contributed by atoms with Crippen LogP contribution in [0.2, 0.25) is 0 Å². The van der Waals surface area contributed by atoms with E-state index in [1.165, 1.54) is 0 Å². The molecule has 0 fully saturated rings. The summed E-state index contributed by atoms with van der Waals surface area (Å²) in [7, 11) is 0. The van der Waals surface area contributed by atoms with Gasteiger partial charge in [-0.25, -0.2) is 0 Å². The quantitative estimate of drug-likeness (QED) is 0.433. The zero-order chi connectivity index (χ0) is 8.01. The summed E-state index contributed by atoms with van der Waals surface area (Å²) in [6.45, 7) is 0. The van der Waals surface area contributed by atoms with Crippen LogP contribution in [0.3, 0.4) is 0 Å². The van der Waals surface area contributed by atoms with Crippen molar-refractivity contribution in [2.24, 2.45) is 0 Å². The summed E-state index contributed by atoms with van der Waals surface area (Å²) in [5, 5.41) is 27.7. The molecule has 12 heavy (non-hydrogen) atoms. The molecule has 0 heterocycles. The van der Waals surface area contributed by atoms with Crippen molar-refractivity contribution >= 4 is 0 Å². The van der Waals surface area contributed by atoms with Crippen molar-refractivity contribution in [3.63, 3.8) is 0 Å². The van der Waals surface area contributed by atoms with Crippen molar-refractivity contribution in [3.05, 3.63) is 23.3 Å². The Kier molecular flexibility index (Phi) is 1.95. The van der Waals surface area contributed by atoms with E-state index in [1.54, 1.807) is 12.1 Å². The van der Waals surface area contributed by atoms with E-state index in [1.807, 2.05) is 0 Å². The Morgan fingerprint density at radius 1 is 1.17 bits per heavy atom. The second-order valence-electron chi connectivity index (χ2n) is 2.73. The van der Waals surface area contributed by atoms with Gasteiger partial charge in [-0.3, -0.25) is 0 Å². The minimum atomic E-state index is -0.647. The van der Waals surface area contributed by atoms with Crippen LogP contribution < -0.4 is 6.15 Å². The van der Waals surface area contributed by atoms with Gasteiger partial charge in [0.25, 0.3) is 0 Å². The minimum absolute atomic E-state index is 0. The lowest BCUT2D eigenvalue weighted by atomic mass is 9.91. The van der Waals surface area contributed by atoms with E-state index >= 15 is 0 Å². The lowest BCUT2D eigenvalue weighted by Crippen LogP contribution is -2.08. The van der Waals surface area contributed by atoms with E-state index in [-0.39, 0.29) is 17.6 Å². The van der Waals surface area contributed by atoms with E-state index in [0.29, 0.717) is 17.5 Å². The van der Waals surface area contributed by atoms with Crippen LogP contribution in [0.4, 0.5) is 0 Å². The van der Waals surface area contributed by atoms with Gasteiger partial charge in [-0.2, -0.15) is 0 Å². The maximum Gasteiger partial charge on any atom is 0.163 e. The number of benzene rings is 1. The average Bonchev–Trinajstić information content (AvgIpc) is 1.99. The number of phenolic OH excluding ortho intramolecular Hbond substituents is 2. The van der Waals surface area contributed by atoms with Crippen LogP contribution in [0.1, 0.15) is 17.2 Å². The second kappa shape index (κ2) is 2.66. The molecule has 0 radical (unpaired) electrons. The molecule has 6 N–H and O–H groups in total. The second-order valence-corrected chi connectivity index (χ2v) is 2.73. The van der Waals surface area contributed by atoms with E-state index in [9.17, 15) is 15.3 Å². The molecule has 1 unspecified atom stereocenters. The number of aromatic hydroxyl groups is 2. The first-order valence-electron chi connectivity index (χ1n) is 3.42. The van der Waals surface area contributed by atoms with E-state index < -0.39 is 6.10 Å². The largest absolute Gasteiger partial charge is 0.504 e. The van der Waals surface area contributed by atoms with E-state index in [0.717, 1.165) is 0 Å². The summed E-state index contributed by atoms with van der Waals surface area (Å²) >= 11 is 0. The fourth-order valence-electron chi connectivity index (χ4n) is 1.39. The predicted octanol–water partition coefficient (Wildman–Crippen LogP) is 0.849. The van der Waals surface area contributed by atoms with Crippen molar-refractivity contribution in [2.75, 3.05) is 0 Å². The number of rotatable bonds is 0. The Morgan fingerprint density at radius 3 is 2.25 bits per heavy atom. The molecule has 0 saturated carbocycles. The Balaban J connectivity index is 0.000000720. The fourth-order valence-corrected chi connectivity index (χ4v) is 1.39. The van der Waals surface area contributed by atoms with Gasteiger partial charge < -0.3 is 21.5 Å². The Hall–Kier alpha value is -1.26. The summed E-state index contributed by atoms with van der Waals surface area (Å²) in [4.78, 5) is 0. The molecule has 0 aromatic heterocycles. The molecular formula is C8H11NO3.